The largest absolute Gasteiger partial charge is 0.495 e. The fraction of sp³-hybridized carbons (Fsp3) is 0.417. The lowest BCUT2D eigenvalue weighted by atomic mass is 10.2. The SMILES string of the molecule is COc1ccccc1NC(=O)NCC(C)C. The van der Waals surface area contributed by atoms with Crippen LogP contribution in [-0.4, -0.2) is 19.7 Å². The minimum atomic E-state index is -0.210. The van der Waals surface area contributed by atoms with Crippen LogP contribution < -0.4 is 15.4 Å². The molecular weight excluding hydrogens is 204 g/mol. The second-order valence-corrected chi connectivity index (χ2v) is 3.93. The fourth-order valence-corrected chi connectivity index (χ4v) is 1.21. The fourth-order valence-electron chi connectivity index (χ4n) is 1.21. The predicted octanol–water partition coefficient (Wildman–Crippen LogP) is 2.47. The second kappa shape index (κ2) is 6.00. The summed E-state index contributed by atoms with van der Waals surface area (Å²) >= 11 is 0. The van der Waals surface area contributed by atoms with Crippen LogP contribution in [0.25, 0.3) is 0 Å². The first kappa shape index (κ1) is 12.4. The molecule has 0 aliphatic carbocycles. The van der Waals surface area contributed by atoms with E-state index in [4.69, 9.17) is 4.74 Å². The molecule has 16 heavy (non-hydrogen) atoms. The molecule has 0 aromatic heterocycles. The number of benzene rings is 1. The van der Waals surface area contributed by atoms with Crippen LogP contribution in [0.15, 0.2) is 24.3 Å². The Bertz CT molecular complexity index is 351. The molecule has 0 unspecified atom stereocenters. The minimum Gasteiger partial charge on any atom is -0.495 e. The van der Waals surface area contributed by atoms with E-state index in [0.717, 1.165) is 0 Å². The van der Waals surface area contributed by atoms with Crippen molar-refractivity contribution in [2.24, 2.45) is 5.92 Å². The summed E-state index contributed by atoms with van der Waals surface area (Å²) in [4.78, 5) is 11.5. The van der Waals surface area contributed by atoms with Crippen molar-refractivity contribution in [2.45, 2.75) is 13.8 Å². The van der Waals surface area contributed by atoms with Crippen LogP contribution in [0.4, 0.5) is 10.5 Å². The average molecular weight is 222 g/mol. The zero-order valence-electron chi connectivity index (χ0n) is 9.91. The monoisotopic (exact) mass is 222 g/mol. The van der Waals surface area contributed by atoms with Crippen molar-refractivity contribution >= 4 is 11.7 Å². The Morgan fingerprint density at radius 2 is 2.06 bits per heavy atom. The molecule has 4 heteroatoms. The van der Waals surface area contributed by atoms with Gasteiger partial charge in [0.1, 0.15) is 5.75 Å². The second-order valence-electron chi connectivity index (χ2n) is 3.93. The maximum Gasteiger partial charge on any atom is 0.319 e. The van der Waals surface area contributed by atoms with Gasteiger partial charge >= 0.3 is 6.03 Å². The van der Waals surface area contributed by atoms with E-state index in [-0.39, 0.29) is 6.03 Å². The lowest BCUT2D eigenvalue weighted by Crippen LogP contribution is -2.31. The summed E-state index contributed by atoms with van der Waals surface area (Å²) in [5.41, 5.74) is 0.672. The first-order valence-electron chi connectivity index (χ1n) is 5.31. The van der Waals surface area contributed by atoms with Crippen LogP contribution >= 0.6 is 0 Å². The van der Waals surface area contributed by atoms with Crippen LogP contribution in [0.5, 0.6) is 5.75 Å². The van der Waals surface area contributed by atoms with Crippen molar-refractivity contribution < 1.29 is 9.53 Å². The quantitative estimate of drug-likeness (QED) is 0.822. The summed E-state index contributed by atoms with van der Waals surface area (Å²) in [5.74, 6) is 1.09. The lowest BCUT2D eigenvalue weighted by molar-refractivity contribution is 0.250. The third-order valence-electron chi connectivity index (χ3n) is 2.03. The molecule has 1 rings (SSSR count). The number of ether oxygens (including phenoxy) is 1. The number of urea groups is 1. The van der Waals surface area contributed by atoms with Crippen molar-refractivity contribution in [3.05, 3.63) is 24.3 Å². The molecule has 0 saturated carbocycles. The van der Waals surface area contributed by atoms with Gasteiger partial charge in [-0.05, 0) is 18.1 Å². The van der Waals surface area contributed by atoms with Crippen LogP contribution in [0.2, 0.25) is 0 Å². The zero-order chi connectivity index (χ0) is 12.0. The molecule has 0 aliphatic rings. The number of methoxy groups -OCH3 is 1. The predicted molar refractivity (Wildman–Crippen MR) is 64.9 cm³/mol. The number of hydrogen-bond donors (Lipinski definition) is 2. The van der Waals surface area contributed by atoms with E-state index >= 15 is 0 Å². The number of para-hydroxylation sites is 2. The van der Waals surface area contributed by atoms with Gasteiger partial charge in [-0.25, -0.2) is 4.79 Å². The van der Waals surface area contributed by atoms with Crippen molar-refractivity contribution in [3.63, 3.8) is 0 Å². The highest BCUT2D eigenvalue weighted by Crippen LogP contribution is 2.22. The number of carbonyl (C=O) groups excluding carboxylic acids is 1. The molecular formula is C12H18N2O2. The molecule has 0 fully saturated rings. The topological polar surface area (TPSA) is 50.4 Å². The summed E-state index contributed by atoms with van der Waals surface area (Å²) in [5, 5.41) is 5.52. The number of hydrogen-bond acceptors (Lipinski definition) is 2. The van der Waals surface area contributed by atoms with Gasteiger partial charge in [-0.3, -0.25) is 0 Å². The molecule has 0 aliphatic heterocycles. The Morgan fingerprint density at radius 3 is 2.69 bits per heavy atom. The first-order valence-corrected chi connectivity index (χ1v) is 5.31. The smallest absolute Gasteiger partial charge is 0.319 e. The molecule has 4 nitrogen and oxygen atoms in total. The van der Waals surface area contributed by atoms with E-state index in [1.165, 1.54) is 0 Å². The van der Waals surface area contributed by atoms with Crippen molar-refractivity contribution in [3.8, 4) is 5.75 Å². The van der Waals surface area contributed by atoms with Crippen molar-refractivity contribution in [1.82, 2.24) is 5.32 Å². The first-order chi connectivity index (χ1) is 7.63. The summed E-state index contributed by atoms with van der Waals surface area (Å²) in [7, 11) is 1.58. The number of amides is 2. The molecule has 88 valence electrons. The van der Waals surface area contributed by atoms with Gasteiger partial charge in [0, 0.05) is 6.54 Å². The third-order valence-corrected chi connectivity index (χ3v) is 2.03. The summed E-state index contributed by atoms with van der Waals surface area (Å²) in [6.07, 6.45) is 0. The molecule has 1 aromatic carbocycles. The lowest BCUT2D eigenvalue weighted by Gasteiger charge is -2.11. The van der Waals surface area contributed by atoms with E-state index in [9.17, 15) is 4.79 Å². The standard InChI is InChI=1S/C12H18N2O2/c1-9(2)8-13-12(15)14-10-6-4-5-7-11(10)16-3/h4-7,9H,8H2,1-3H3,(H2,13,14,15). The molecule has 2 amide bonds. The zero-order valence-corrected chi connectivity index (χ0v) is 9.91. The maximum atomic E-state index is 11.5. The van der Waals surface area contributed by atoms with Crippen LogP contribution in [0, 0.1) is 5.92 Å². The Kier molecular flexibility index (Phi) is 4.64. The highest BCUT2D eigenvalue weighted by Gasteiger charge is 2.06. The van der Waals surface area contributed by atoms with E-state index < -0.39 is 0 Å². The third kappa shape index (κ3) is 3.81. The van der Waals surface area contributed by atoms with Gasteiger partial charge in [0.25, 0.3) is 0 Å². The molecule has 0 saturated heterocycles. The molecule has 0 spiro atoms. The highest BCUT2D eigenvalue weighted by molar-refractivity contribution is 5.90. The minimum absolute atomic E-state index is 0.210. The molecule has 0 atom stereocenters. The molecule has 1 aromatic rings. The number of nitrogens with one attached hydrogen (secondary N) is 2. The van der Waals surface area contributed by atoms with Gasteiger partial charge in [0.05, 0.1) is 12.8 Å². The Balaban J connectivity index is 2.55. The van der Waals surface area contributed by atoms with Crippen LogP contribution in [0.3, 0.4) is 0 Å². The Morgan fingerprint density at radius 1 is 1.38 bits per heavy atom. The van der Waals surface area contributed by atoms with Gasteiger partial charge < -0.3 is 15.4 Å². The van der Waals surface area contributed by atoms with Crippen molar-refractivity contribution in [2.75, 3.05) is 19.0 Å². The van der Waals surface area contributed by atoms with E-state index in [1.807, 2.05) is 26.0 Å². The maximum absolute atomic E-state index is 11.5. The van der Waals surface area contributed by atoms with E-state index in [1.54, 1.807) is 19.2 Å². The van der Waals surface area contributed by atoms with Gasteiger partial charge in [-0.2, -0.15) is 0 Å². The Labute approximate surface area is 96.0 Å². The van der Waals surface area contributed by atoms with E-state index in [0.29, 0.717) is 23.9 Å². The van der Waals surface area contributed by atoms with Crippen LogP contribution in [-0.2, 0) is 0 Å². The van der Waals surface area contributed by atoms with Crippen molar-refractivity contribution in [1.29, 1.82) is 0 Å². The van der Waals surface area contributed by atoms with Gasteiger partial charge in [-0.1, -0.05) is 26.0 Å². The molecule has 0 heterocycles. The van der Waals surface area contributed by atoms with Gasteiger partial charge in [-0.15, -0.1) is 0 Å². The summed E-state index contributed by atoms with van der Waals surface area (Å²) in [6, 6.07) is 7.10. The highest BCUT2D eigenvalue weighted by atomic mass is 16.5. The number of carbonyl (C=O) groups is 1. The molecule has 0 bridgehead atoms. The number of rotatable bonds is 4. The van der Waals surface area contributed by atoms with E-state index in [2.05, 4.69) is 10.6 Å². The Hall–Kier alpha value is -1.71. The van der Waals surface area contributed by atoms with Crippen LogP contribution in [0.1, 0.15) is 13.8 Å². The molecule has 0 radical (unpaired) electrons. The normalized spacial score (nSPS) is 10.0. The molecule has 2 N–H and O–H groups in total. The number of anilines is 1. The summed E-state index contributed by atoms with van der Waals surface area (Å²) < 4.78 is 5.13. The van der Waals surface area contributed by atoms with Gasteiger partial charge in [0.2, 0.25) is 0 Å². The summed E-state index contributed by atoms with van der Waals surface area (Å²) in [6.45, 7) is 4.74. The van der Waals surface area contributed by atoms with Gasteiger partial charge in [0.15, 0.2) is 0 Å². The average Bonchev–Trinajstić information content (AvgIpc) is 2.27.